The summed E-state index contributed by atoms with van der Waals surface area (Å²) < 4.78 is 15.9. The highest BCUT2D eigenvalue weighted by atomic mass is 16.6. The van der Waals surface area contributed by atoms with E-state index in [0.29, 0.717) is 35.1 Å². The normalized spacial score (nSPS) is 10.6. The Bertz CT molecular complexity index is 1230. The van der Waals surface area contributed by atoms with Crippen LogP contribution in [-0.4, -0.2) is 86.3 Å². The number of rotatable bonds is 12. The van der Waals surface area contributed by atoms with Gasteiger partial charge in [-0.3, -0.25) is 9.69 Å². The fourth-order valence-corrected chi connectivity index (χ4v) is 3.68. The van der Waals surface area contributed by atoms with Crippen molar-refractivity contribution >= 4 is 29.5 Å². The Labute approximate surface area is 229 Å². The quantitative estimate of drug-likeness (QED) is 0.363. The van der Waals surface area contributed by atoms with Crippen LogP contribution in [0, 0.1) is 0 Å². The number of carbonyl (C=O) groups is 2. The first-order valence-electron chi connectivity index (χ1n) is 12.6. The highest BCUT2D eigenvalue weighted by Gasteiger charge is 2.17. The second-order valence-corrected chi connectivity index (χ2v) is 8.67. The minimum Gasteiger partial charge on any atom is -0.496 e. The van der Waals surface area contributed by atoms with Gasteiger partial charge in [0.15, 0.2) is 0 Å². The van der Waals surface area contributed by atoms with Crippen LogP contribution >= 0.6 is 0 Å². The molecule has 2 aromatic carbocycles. The van der Waals surface area contributed by atoms with Crippen molar-refractivity contribution in [1.82, 2.24) is 19.8 Å². The Kier molecular flexibility index (Phi) is 10.4. The molecule has 3 rings (SSSR count). The molecule has 0 fully saturated rings. The summed E-state index contributed by atoms with van der Waals surface area (Å²) in [7, 11) is 6.38. The number of carbonyl (C=O) groups excluding carboxylic acids is 2. The summed E-state index contributed by atoms with van der Waals surface area (Å²) in [5, 5.41) is 3.10. The van der Waals surface area contributed by atoms with Crippen LogP contribution in [-0.2, 0) is 0 Å². The van der Waals surface area contributed by atoms with Gasteiger partial charge in [-0.15, -0.1) is 0 Å². The highest BCUT2D eigenvalue weighted by molar-refractivity contribution is 5.94. The Morgan fingerprint density at radius 3 is 2.08 bits per heavy atom. The molecule has 0 spiro atoms. The molecule has 3 aromatic rings. The third kappa shape index (κ3) is 8.05. The van der Waals surface area contributed by atoms with E-state index in [0.717, 1.165) is 19.6 Å². The Balaban J connectivity index is 1.63. The van der Waals surface area contributed by atoms with Crippen molar-refractivity contribution in [2.75, 3.05) is 64.7 Å². The first kappa shape index (κ1) is 29.2. The van der Waals surface area contributed by atoms with Crippen molar-refractivity contribution in [2.45, 2.75) is 13.8 Å². The van der Waals surface area contributed by atoms with Gasteiger partial charge in [0.2, 0.25) is 5.95 Å². The Morgan fingerprint density at radius 2 is 1.49 bits per heavy atom. The number of ether oxygens (including phenoxy) is 3. The number of anilines is 3. The number of likely N-dealkylation sites (N-methyl/N-ethyl adjacent to an activating group) is 2. The molecule has 11 heteroatoms. The van der Waals surface area contributed by atoms with E-state index in [1.165, 1.54) is 25.3 Å². The monoisotopic (exact) mass is 536 g/mol. The summed E-state index contributed by atoms with van der Waals surface area (Å²) in [6.07, 6.45) is 0.883. The predicted molar refractivity (Wildman–Crippen MR) is 150 cm³/mol. The maximum Gasteiger partial charge on any atom is 0.420 e. The molecule has 2 amide bonds. The number of amides is 2. The van der Waals surface area contributed by atoms with E-state index in [-0.39, 0.29) is 17.6 Å². The van der Waals surface area contributed by atoms with E-state index in [2.05, 4.69) is 34.0 Å². The Morgan fingerprint density at radius 1 is 0.872 bits per heavy atom. The number of benzene rings is 2. The van der Waals surface area contributed by atoms with Gasteiger partial charge in [-0.05, 0) is 43.4 Å². The van der Waals surface area contributed by atoms with Crippen LogP contribution in [0.25, 0.3) is 0 Å². The lowest BCUT2D eigenvalue weighted by Gasteiger charge is -2.23. The minimum atomic E-state index is -0.650. The van der Waals surface area contributed by atoms with E-state index in [1.807, 2.05) is 7.05 Å². The Hall–Kier alpha value is -4.38. The molecule has 0 saturated heterocycles. The van der Waals surface area contributed by atoms with Gasteiger partial charge in [-0.1, -0.05) is 13.8 Å². The second-order valence-electron chi connectivity index (χ2n) is 8.67. The molecule has 0 saturated carbocycles. The summed E-state index contributed by atoms with van der Waals surface area (Å²) in [5.74, 6) is 1.82. The molecule has 1 N–H and O–H groups in total. The molecule has 11 nitrogen and oxygen atoms in total. The third-order valence-electron chi connectivity index (χ3n) is 6.17. The zero-order chi connectivity index (χ0) is 28.4. The molecule has 0 aliphatic heterocycles. The van der Waals surface area contributed by atoms with Crippen LogP contribution in [0.15, 0.2) is 54.7 Å². The van der Waals surface area contributed by atoms with Crippen molar-refractivity contribution in [3.05, 3.63) is 60.3 Å². The summed E-state index contributed by atoms with van der Waals surface area (Å²) >= 11 is 0. The van der Waals surface area contributed by atoms with Gasteiger partial charge in [0.25, 0.3) is 5.91 Å². The van der Waals surface area contributed by atoms with E-state index in [4.69, 9.17) is 14.2 Å². The largest absolute Gasteiger partial charge is 0.496 e. The number of aromatic nitrogens is 2. The molecule has 0 atom stereocenters. The molecule has 208 valence electrons. The van der Waals surface area contributed by atoms with Gasteiger partial charge < -0.3 is 29.3 Å². The second kappa shape index (κ2) is 14.0. The van der Waals surface area contributed by atoms with Crippen LogP contribution in [0.3, 0.4) is 0 Å². The standard InChI is InChI=1S/C28H36N6O5/c1-7-34(8-2)16-15-32(3)26(35)20-9-11-21(12-10-20)30-27-29-14-13-25(31-27)33(4)28(36)39-24-18-22(37-5)17-23(19-24)38-6/h9-14,17-19H,7-8,15-16H2,1-6H3,(H,29,30,31). The maximum absolute atomic E-state index is 12.8. The molecular weight excluding hydrogens is 500 g/mol. The number of nitrogens with zero attached hydrogens (tertiary/aromatic N) is 5. The third-order valence-corrected chi connectivity index (χ3v) is 6.17. The fourth-order valence-electron chi connectivity index (χ4n) is 3.68. The summed E-state index contributed by atoms with van der Waals surface area (Å²) in [4.78, 5) is 39.5. The molecule has 0 radical (unpaired) electrons. The summed E-state index contributed by atoms with van der Waals surface area (Å²) in [5.41, 5.74) is 1.29. The fraction of sp³-hybridized carbons (Fsp3) is 0.357. The average Bonchev–Trinajstić information content (AvgIpc) is 2.97. The van der Waals surface area contributed by atoms with Crippen molar-refractivity contribution in [1.29, 1.82) is 0 Å². The van der Waals surface area contributed by atoms with Gasteiger partial charge in [0, 0.05) is 62.8 Å². The average molecular weight is 537 g/mol. The number of methoxy groups -OCH3 is 2. The summed E-state index contributed by atoms with van der Waals surface area (Å²) in [6, 6.07) is 13.5. The molecule has 1 heterocycles. The van der Waals surface area contributed by atoms with Gasteiger partial charge in [0.1, 0.15) is 23.1 Å². The number of nitrogens with one attached hydrogen (secondary N) is 1. The van der Waals surface area contributed by atoms with Crippen molar-refractivity contribution in [2.24, 2.45) is 0 Å². The molecule has 0 unspecified atom stereocenters. The first-order chi connectivity index (χ1) is 18.8. The van der Waals surface area contributed by atoms with E-state index < -0.39 is 6.09 Å². The van der Waals surface area contributed by atoms with Gasteiger partial charge in [0.05, 0.1) is 14.2 Å². The highest BCUT2D eigenvalue weighted by Crippen LogP contribution is 2.28. The van der Waals surface area contributed by atoms with E-state index in [9.17, 15) is 9.59 Å². The minimum absolute atomic E-state index is 0.0410. The first-order valence-corrected chi connectivity index (χ1v) is 12.6. The maximum atomic E-state index is 12.8. The zero-order valence-corrected chi connectivity index (χ0v) is 23.3. The van der Waals surface area contributed by atoms with Crippen LogP contribution in [0.4, 0.5) is 22.2 Å². The number of hydrogen-bond donors (Lipinski definition) is 1. The molecular formula is C28H36N6O5. The molecule has 0 aliphatic rings. The van der Waals surface area contributed by atoms with Crippen LogP contribution in [0.1, 0.15) is 24.2 Å². The number of hydrogen-bond acceptors (Lipinski definition) is 9. The predicted octanol–water partition coefficient (Wildman–Crippen LogP) is 4.29. The molecule has 0 aliphatic carbocycles. The zero-order valence-electron chi connectivity index (χ0n) is 23.3. The smallest absolute Gasteiger partial charge is 0.420 e. The van der Waals surface area contributed by atoms with Gasteiger partial charge in [-0.25, -0.2) is 9.78 Å². The SMILES string of the molecule is CCN(CC)CCN(C)C(=O)c1ccc(Nc2nccc(N(C)C(=O)Oc3cc(OC)cc(OC)c3)n2)cc1. The lowest BCUT2D eigenvalue weighted by atomic mass is 10.2. The summed E-state index contributed by atoms with van der Waals surface area (Å²) in [6.45, 7) is 7.62. The molecule has 0 bridgehead atoms. The van der Waals surface area contributed by atoms with Crippen LogP contribution in [0.5, 0.6) is 17.2 Å². The molecule has 1 aromatic heterocycles. The van der Waals surface area contributed by atoms with Crippen LogP contribution < -0.4 is 24.4 Å². The van der Waals surface area contributed by atoms with E-state index >= 15 is 0 Å². The van der Waals surface area contributed by atoms with E-state index in [1.54, 1.807) is 60.5 Å². The molecule has 39 heavy (non-hydrogen) atoms. The van der Waals surface area contributed by atoms with Crippen molar-refractivity contribution < 1.29 is 23.8 Å². The van der Waals surface area contributed by atoms with Crippen molar-refractivity contribution in [3.8, 4) is 17.2 Å². The lowest BCUT2D eigenvalue weighted by Crippen LogP contribution is -2.36. The topological polar surface area (TPSA) is 109 Å². The van der Waals surface area contributed by atoms with Crippen molar-refractivity contribution in [3.63, 3.8) is 0 Å². The van der Waals surface area contributed by atoms with Gasteiger partial charge in [-0.2, -0.15) is 4.98 Å². The van der Waals surface area contributed by atoms with Crippen LogP contribution in [0.2, 0.25) is 0 Å². The lowest BCUT2D eigenvalue weighted by molar-refractivity contribution is 0.0779. The van der Waals surface area contributed by atoms with Gasteiger partial charge >= 0.3 is 6.09 Å².